The van der Waals surface area contributed by atoms with Crippen LogP contribution in [0.2, 0.25) is 0 Å². The van der Waals surface area contributed by atoms with Crippen molar-refractivity contribution in [2.45, 2.75) is 77.6 Å². The number of cyclic esters (lactones) is 1. The highest BCUT2D eigenvalue weighted by atomic mass is 16.5. The Bertz CT molecular complexity index is 620. The molecule has 6 unspecified atom stereocenters. The summed E-state index contributed by atoms with van der Waals surface area (Å²) in [6.07, 6.45) is 9.82. The maximum atomic E-state index is 12.2. The third-order valence-electron chi connectivity index (χ3n) is 6.14. The van der Waals surface area contributed by atoms with Crippen LogP contribution in [0.15, 0.2) is 23.8 Å². The van der Waals surface area contributed by atoms with Crippen molar-refractivity contribution in [1.29, 1.82) is 0 Å². The van der Waals surface area contributed by atoms with Crippen LogP contribution in [0.25, 0.3) is 0 Å². The molecule has 27 heavy (non-hydrogen) atoms. The van der Waals surface area contributed by atoms with Crippen molar-refractivity contribution in [1.82, 2.24) is 0 Å². The molecule has 1 heterocycles. The first-order valence-electron chi connectivity index (χ1n) is 10.3. The van der Waals surface area contributed by atoms with Gasteiger partial charge in [-0.2, -0.15) is 0 Å². The lowest BCUT2D eigenvalue weighted by Crippen LogP contribution is -2.40. The zero-order valence-electron chi connectivity index (χ0n) is 16.6. The molecule has 0 spiro atoms. The number of allylic oxidation sites excluding steroid dienone is 3. The number of rotatable bonds is 5. The van der Waals surface area contributed by atoms with Crippen molar-refractivity contribution in [2.75, 3.05) is 0 Å². The van der Waals surface area contributed by atoms with E-state index in [1.54, 1.807) is 0 Å². The predicted octanol–water partition coefficient (Wildman–Crippen LogP) is 3.56. The molecule has 0 aromatic rings. The summed E-state index contributed by atoms with van der Waals surface area (Å²) < 4.78 is 11.3. The highest BCUT2D eigenvalue weighted by Crippen LogP contribution is 2.44. The quantitative estimate of drug-likeness (QED) is 0.743. The van der Waals surface area contributed by atoms with Gasteiger partial charge in [0.25, 0.3) is 0 Å². The van der Waals surface area contributed by atoms with Gasteiger partial charge in [-0.15, -0.1) is 0 Å². The van der Waals surface area contributed by atoms with E-state index in [1.807, 2.05) is 13.8 Å². The molecule has 0 bridgehead atoms. The Balaban J connectivity index is 1.70. The molecule has 5 heteroatoms. The summed E-state index contributed by atoms with van der Waals surface area (Å²) in [7, 11) is 0. The van der Waals surface area contributed by atoms with Gasteiger partial charge in [0.15, 0.2) is 0 Å². The SMILES string of the molecule is CC(C)C(=O)OC1CCC=C2C=CC(C)C(CCC3CC(O)CC(=O)O3)C21. The third-order valence-corrected chi connectivity index (χ3v) is 6.14. The Kier molecular flexibility index (Phi) is 6.40. The zero-order valence-corrected chi connectivity index (χ0v) is 16.6. The van der Waals surface area contributed by atoms with Gasteiger partial charge in [0.2, 0.25) is 0 Å². The molecule has 3 rings (SSSR count). The van der Waals surface area contributed by atoms with Gasteiger partial charge in [-0.3, -0.25) is 9.59 Å². The number of ether oxygens (including phenoxy) is 2. The number of carbonyl (C=O) groups excluding carboxylic acids is 2. The number of aliphatic hydroxyl groups is 1. The summed E-state index contributed by atoms with van der Waals surface area (Å²) in [5, 5.41) is 9.84. The Morgan fingerprint density at radius 2 is 2.15 bits per heavy atom. The summed E-state index contributed by atoms with van der Waals surface area (Å²) in [6, 6.07) is 0. The number of carbonyl (C=O) groups is 2. The first-order valence-corrected chi connectivity index (χ1v) is 10.3. The molecular weight excluding hydrogens is 344 g/mol. The second kappa shape index (κ2) is 8.59. The normalized spacial score (nSPS) is 36.0. The second-order valence-corrected chi connectivity index (χ2v) is 8.60. The highest BCUT2D eigenvalue weighted by molar-refractivity contribution is 5.72. The van der Waals surface area contributed by atoms with E-state index in [-0.39, 0.29) is 42.4 Å². The maximum absolute atomic E-state index is 12.2. The molecule has 1 N–H and O–H groups in total. The van der Waals surface area contributed by atoms with Crippen LogP contribution in [-0.2, 0) is 19.1 Å². The van der Waals surface area contributed by atoms with Crippen LogP contribution >= 0.6 is 0 Å². The van der Waals surface area contributed by atoms with E-state index in [0.717, 1.165) is 25.7 Å². The summed E-state index contributed by atoms with van der Waals surface area (Å²) >= 11 is 0. The minimum absolute atomic E-state index is 0.0863. The summed E-state index contributed by atoms with van der Waals surface area (Å²) in [5.41, 5.74) is 1.27. The first-order chi connectivity index (χ1) is 12.8. The molecule has 0 amide bonds. The minimum atomic E-state index is -0.593. The Morgan fingerprint density at radius 3 is 2.85 bits per heavy atom. The van der Waals surface area contributed by atoms with E-state index in [1.165, 1.54) is 5.57 Å². The molecule has 3 aliphatic rings. The fourth-order valence-corrected chi connectivity index (χ4v) is 4.66. The van der Waals surface area contributed by atoms with Gasteiger partial charge in [0.1, 0.15) is 12.2 Å². The summed E-state index contributed by atoms with van der Waals surface area (Å²) in [5.74, 6) is 0.339. The van der Waals surface area contributed by atoms with Gasteiger partial charge in [-0.1, -0.05) is 39.0 Å². The van der Waals surface area contributed by atoms with Crippen LogP contribution < -0.4 is 0 Å². The lowest BCUT2D eigenvalue weighted by Gasteiger charge is -2.42. The zero-order chi connectivity index (χ0) is 19.6. The number of fused-ring (bicyclic) bond motifs is 1. The Hall–Kier alpha value is -1.62. The van der Waals surface area contributed by atoms with E-state index in [0.29, 0.717) is 18.3 Å². The molecule has 2 aliphatic carbocycles. The van der Waals surface area contributed by atoms with Crippen molar-refractivity contribution < 1.29 is 24.2 Å². The monoisotopic (exact) mass is 376 g/mol. The Labute approximate surface area is 161 Å². The van der Waals surface area contributed by atoms with Gasteiger partial charge < -0.3 is 14.6 Å². The van der Waals surface area contributed by atoms with Gasteiger partial charge in [0, 0.05) is 12.3 Å². The van der Waals surface area contributed by atoms with Gasteiger partial charge in [-0.25, -0.2) is 0 Å². The fourth-order valence-electron chi connectivity index (χ4n) is 4.66. The van der Waals surface area contributed by atoms with Crippen molar-refractivity contribution in [2.24, 2.45) is 23.7 Å². The van der Waals surface area contributed by atoms with Crippen molar-refractivity contribution >= 4 is 11.9 Å². The molecule has 0 saturated carbocycles. The minimum Gasteiger partial charge on any atom is -0.462 e. The molecule has 1 aliphatic heterocycles. The van der Waals surface area contributed by atoms with Gasteiger partial charge >= 0.3 is 11.9 Å². The molecule has 0 aromatic carbocycles. The average Bonchev–Trinajstić information content (AvgIpc) is 2.60. The topological polar surface area (TPSA) is 72.8 Å². The number of esters is 2. The fraction of sp³-hybridized carbons (Fsp3) is 0.727. The van der Waals surface area contributed by atoms with Crippen LogP contribution in [0.4, 0.5) is 0 Å². The highest BCUT2D eigenvalue weighted by Gasteiger charge is 2.40. The van der Waals surface area contributed by atoms with E-state index in [9.17, 15) is 14.7 Å². The molecule has 5 nitrogen and oxygen atoms in total. The van der Waals surface area contributed by atoms with Crippen LogP contribution in [0.1, 0.15) is 59.3 Å². The summed E-state index contributed by atoms with van der Waals surface area (Å²) in [4.78, 5) is 23.8. The lowest BCUT2D eigenvalue weighted by molar-refractivity contribution is -0.162. The van der Waals surface area contributed by atoms with Crippen LogP contribution in [-0.4, -0.2) is 35.4 Å². The predicted molar refractivity (Wildman–Crippen MR) is 102 cm³/mol. The third kappa shape index (κ3) is 4.81. The van der Waals surface area contributed by atoms with Crippen LogP contribution in [0, 0.1) is 23.7 Å². The molecule has 150 valence electrons. The van der Waals surface area contributed by atoms with E-state index < -0.39 is 6.10 Å². The number of aliphatic hydroxyl groups excluding tert-OH is 1. The molecule has 1 fully saturated rings. The molecule has 1 saturated heterocycles. The maximum Gasteiger partial charge on any atom is 0.308 e. The van der Waals surface area contributed by atoms with E-state index in [2.05, 4.69) is 25.2 Å². The van der Waals surface area contributed by atoms with Crippen molar-refractivity contribution in [3.05, 3.63) is 23.8 Å². The lowest BCUT2D eigenvalue weighted by atomic mass is 9.66. The van der Waals surface area contributed by atoms with Crippen LogP contribution in [0.3, 0.4) is 0 Å². The van der Waals surface area contributed by atoms with E-state index >= 15 is 0 Å². The molecule has 0 radical (unpaired) electrons. The van der Waals surface area contributed by atoms with Crippen molar-refractivity contribution in [3.63, 3.8) is 0 Å². The average molecular weight is 376 g/mol. The standard InChI is InChI=1S/C22H32O5/c1-13(2)22(25)27-19-6-4-5-15-8-7-14(3)18(21(15)19)10-9-17-11-16(23)12-20(24)26-17/h5,7-8,13-14,16-19,21,23H,4,6,9-12H2,1-3H3. The smallest absolute Gasteiger partial charge is 0.308 e. The number of hydrogen-bond acceptors (Lipinski definition) is 5. The van der Waals surface area contributed by atoms with Gasteiger partial charge in [-0.05, 0) is 43.1 Å². The largest absolute Gasteiger partial charge is 0.462 e. The molecule has 0 aromatic heterocycles. The first kappa shape index (κ1) is 20.1. The summed E-state index contributed by atoms with van der Waals surface area (Å²) in [6.45, 7) is 5.94. The molecular formula is C22H32O5. The van der Waals surface area contributed by atoms with E-state index in [4.69, 9.17) is 9.47 Å². The van der Waals surface area contributed by atoms with Crippen LogP contribution in [0.5, 0.6) is 0 Å². The Morgan fingerprint density at radius 1 is 1.37 bits per heavy atom. The number of hydrogen-bond donors (Lipinski definition) is 1. The molecule has 6 atom stereocenters. The van der Waals surface area contributed by atoms with Gasteiger partial charge in [0.05, 0.1) is 18.4 Å². The van der Waals surface area contributed by atoms with Crippen molar-refractivity contribution in [3.8, 4) is 0 Å². The second-order valence-electron chi connectivity index (χ2n) is 8.60.